The number of anilines is 1. The lowest BCUT2D eigenvalue weighted by atomic mass is 9.93. The Hall–Kier alpha value is -1.58. The number of benzene rings is 3. The number of hydrogen-bond donors (Lipinski definition) is 1. The first kappa shape index (κ1) is 14.4. The zero-order valence-corrected chi connectivity index (χ0v) is 14.4. The Morgan fingerprint density at radius 2 is 1.24 bits per heavy atom. The maximum Gasteiger partial charge on any atom is 0.0400 e. The van der Waals surface area contributed by atoms with Gasteiger partial charge in [0.2, 0.25) is 0 Å². The Morgan fingerprint density at radius 1 is 0.667 bits per heavy atom. The Labute approximate surface area is 141 Å². The monoisotopic (exact) mass is 401 g/mol. The van der Waals surface area contributed by atoms with Gasteiger partial charge in [-0.15, -0.1) is 0 Å². The predicted octanol–water partition coefficient (Wildman–Crippen LogP) is 6.13. The van der Waals surface area contributed by atoms with Crippen molar-refractivity contribution in [3.05, 3.63) is 75.7 Å². The molecule has 1 nitrogen and oxygen atoms in total. The predicted molar refractivity (Wildman–Crippen MR) is 97.1 cm³/mol. The first-order valence-corrected chi connectivity index (χ1v) is 8.14. The van der Waals surface area contributed by atoms with Crippen LogP contribution in [0.15, 0.2) is 75.7 Å². The highest BCUT2D eigenvalue weighted by Crippen LogP contribution is 2.37. The molecule has 0 aliphatic rings. The number of hydrogen-bond acceptors (Lipinski definition) is 1. The summed E-state index contributed by atoms with van der Waals surface area (Å²) in [5.74, 6) is 0. The Kier molecular flexibility index (Phi) is 4.13. The average molecular weight is 403 g/mol. The molecule has 0 radical (unpaired) electrons. The molecule has 3 heteroatoms. The third-order valence-electron chi connectivity index (χ3n) is 3.35. The van der Waals surface area contributed by atoms with Crippen LogP contribution in [-0.2, 0) is 0 Å². The molecular formula is C18H13Br2N. The highest BCUT2D eigenvalue weighted by molar-refractivity contribution is 9.10. The van der Waals surface area contributed by atoms with Crippen LogP contribution in [0.2, 0.25) is 0 Å². The minimum absolute atomic E-state index is 0.783. The molecule has 0 spiro atoms. The van der Waals surface area contributed by atoms with Crippen molar-refractivity contribution < 1.29 is 0 Å². The van der Waals surface area contributed by atoms with E-state index in [1.807, 2.05) is 36.4 Å². The van der Waals surface area contributed by atoms with E-state index in [2.05, 4.69) is 62.2 Å². The number of nitrogens with two attached hydrogens (primary N) is 1. The van der Waals surface area contributed by atoms with Crippen LogP contribution in [0, 0.1) is 0 Å². The zero-order chi connectivity index (χ0) is 14.8. The molecular weight excluding hydrogens is 390 g/mol. The van der Waals surface area contributed by atoms with Crippen LogP contribution in [0.25, 0.3) is 22.3 Å². The van der Waals surface area contributed by atoms with Crippen molar-refractivity contribution in [2.24, 2.45) is 0 Å². The fraction of sp³-hybridized carbons (Fsp3) is 0. The molecule has 0 aromatic heterocycles. The van der Waals surface area contributed by atoms with Gasteiger partial charge in [-0.05, 0) is 47.0 Å². The van der Waals surface area contributed by atoms with E-state index in [9.17, 15) is 0 Å². The van der Waals surface area contributed by atoms with Gasteiger partial charge in [0.15, 0.2) is 0 Å². The van der Waals surface area contributed by atoms with E-state index in [4.69, 9.17) is 5.73 Å². The molecule has 21 heavy (non-hydrogen) atoms. The van der Waals surface area contributed by atoms with Crippen molar-refractivity contribution in [2.45, 2.75) is 0 Å². The quantitative estimate of drug-likeness (QED) is 0.512. The van der Waals surface area contributed by atoms with E-state index >= 15 is 0 Å². The maximum atomic E-state index is 6.25. The van der Waals surface area contributed by atoms with E-state index in [0.29, 0.717) is 0 Å². The van der Waals surface area contributed by atoms with Crippen LogP contribution in [0.3, 0.4) is 0 Å². The molecule has 0 atom stereocenters. The number of halogens is 2. The van der Waals surface area contributed by atoms with Crippen LogP contribution in [0.1, 0.15) is 0 Å². The summed E-state index contributed by atoms with van der Waals surface area (Å²) in [6, 6.07) is 22.5. The Bertz CT molecular complexity index is 797. The molecule has 0 fully saturated rings. The SMILES string of the molecule is Nc1cccc(-c2cccc(Br)c2)c1-c1cccc(Br)c1. The van der Waals surface area contributed by atoms with Crippen molar-refractivity contribution >= 4 is 37.5 Å². The molecule has 3 aromatic rings. The van der Waals surface area contributed by atoms with Gasteiger partial charge in [0.25, 0.3) is 0 Å². The summed E-state index contributed by atoms with van der Waals surface area (Å²) >= 11 is 7.06. The van der Waals surface area contributed by atoms with Crippen molar-refractivity contribution in [3.8, 4) is 22.3 Å². The summed E-state index contributed by atoms with van der Waals surface area (Å²) in [4.78, 5) is 0. The number of rotatable bonds is 2. The van der Waals surface area contributed by atoms with Crippen LogP contribution >= 0.6 is 31.9 Å². The molecule has 0 aliphatic heterocycles. The largest absolute Gasteiger partial charge is 0.398 e. The minimum atomic E-state index is 0.783. The second-order valence-corrected chi connectivity index (χ2v) is 6.62. The molecule has 2 N–H and O–H groups in total. The molecule has 0 aliphatic carbocycles. The smallest absolute Gasteiger partial charge is 0.0400 e. The van der Waals surface area contributed by atoms with Gasteiger partial charge >= 0.3 is 0 Å². The number of nitrogen functional groups attached to an aromatic ring is 1. The first-order chi connectivity index (χ1) is 10.1. The lowest BCUT2D eigenvalue weighted by Gasteiger charge is -2.13. The molecule has 0 amide bonds. The lowest BCUT2D eigenvalue weighted by molar-refractivity contribution is 1.55. The summed E-state index contributed by atoms with van der Waals surface area (Å²) < 4.78 is 2.10. The van der Waals surface area contributed by atoms with Crippen LogP contribution < -0.4 is 5.73 Å². The molecule has 0 heterocycles. The topological polar surface area (TPSA) is 26.0 Å². The molecule has 0 bridgehead atoms. The van der Waals surface area contributed by atoms with Crippen molar-refractivity contribution in [1.29, 1.82) is 0 Å². The summed E-state index contributed by atoms with van der Waals surface area (Å²) in [6.45, 7) is 0. The van der Waals surface area contributed by atoms with Gasteiger partial charge in [-0.1, -0.05) is 68.3 Å². The van der Waals surface area contributed by atoms with E-state index in [1.54, 1.807) is 0 Å². The van der Waals surface area contributed by atoms with Gasteiger partial charge in [-0.2, -0.15) is 0 Å². The van der Waals surface area contributed by atoms with Gasteiger partial charge in [0, 0.05) is 20.2 Å². The molecule has 0 saturated carbocycles. The fourth-order valence-corrected chi connectivity index (χ4v) is 3.23. The van der Waals surface area contributed by atoms with Gasteiger partial charge in [-0.3, -0.25) is 0 Å². The Balaban J connectivity index is 2.25. The molecule has 0 saturated heterocycles. The summed E-state index contributed by atoms with van der Waals surface area (Å²) in [7, 11) is 0. The molecule has 3 aromatic carbocycles. The fourth-order valence-electron chi connectivity index (χ4n) is 2.43. The van der Waals surface area contributed by atoms with E-state index in [-0.39, 0.29) is 0 Å². The standard InChI is InChI=1S/C18H13Br2N/c19-14-6-1-4-12(10-14)16-8-3-9-17(21)18(16)13-5-2-7-15(20)11-13/h1-11H,21H2. The highest BCUT2D eigenvalue weighted by Gasteiger charge is 2.11. The highest BCUT2D eigenvalue weighted by atomic mass is 79.9. The molecule has 0 unspecified atom stereocenters. The zero-order valence-electron chi connectivity index (χ0n) is 11.2. The van der Waals surface area contributed by atoms with E-state index in [0.717, 1.165) is 36.9 Å². The third-order valence-corrected chi connectivity index (χ3v) is 4.33. The lowest BCUT2D eigenvalue weighted by Crippen LogP contribution is -1.93. The van der Waals surface area contributed by atoms with Crippen molar-refractivity contribution in [2.75, 3.05) is 5.73 Å². The van der Waals surface area contributed by atoms with E-state index in [1.165, 1.54) is 0 Å². The molecule has 3 rings (SSSR count). The summed E-state index contributed by atoms with van der Waals surface area (Å²) in [5, 5.41) is 0. The van der Waals surface area contributed by atoms with E-state index < -0.39 is 0 Å². The summed E-state index contributed by atoms with van der Waals surface area (Å²) in [5.41, 5.74) is 11.5. The van der Waals surface area contributed by atoms with Crippen LogP contribution in [0.4, 0.5) is 5.69 Å². The maximum absolute atomic E-state index is 6.25. The van der Waals surface area contributed by atoms with Gasteiger partial charge in [0.05, 0.1) is 0 Å². The van der Waals surface area contributed by atoms with Gasteiger partial charge in [-0.25, -0.2) is 0 Å². The second-order valence-electron chi connectivity index (χ2n) is 4.79. The van der Waals surface area contributed by atoms with Gasteiger partial charge in [0.1, 0.15) is 0 Å². The van der Waals surface area contributed by atoms with Gasteiger partial charge < -0.3 is 5.73 Å². The van der Waals surface area contributed by atoms with Crippen molar-refractivity contribution in [3.63, 3.8) is 0 Å². The van der Waals surface area contributed by atoms with Crippen LogP contribution in [-0.4, -0.2) is 0 Å². The average Bonchev–Trinajstić information content (AvgIpc) is 2.47. The Morgan fingerprint density at radius 3 is 1.90 bits per heavy atom. The van der Waals surface area contributed by atoms with Crippen molar-refractivity contribution in [1.82, 2.24) is 0 Å². The first-order valence-electron chi connectivity index (χ1n) is 6.55. The normalized spacial score (nSPS) is 10.6. The third kappa shape index (κ3) is 3.04. The second kappa shape index (κ2) is 6.04. The minimum Gasteiger partial charge on any atom is -0.398 e. The summed E-state index contributed by atoms with van der Waals surface area (Å²) in [6.07, 6.45) is 0. The molecule has 104 valence electrons. The van der Waals surface area contributed by atoms with Crippen LogP contribution in [0.5, 0.6) is 0 Å².